The number of rotatable bonds is 6. The first kappa shape index (κ1) is 12.8. The Bertz CT molecular complexity index is 331. The molecule has 0 aromatic heterocycles. The first-order valence-corrected chi connectivity index (χ1v) is 7.77. The molecule has 0 radical (unpaired) electrons. The standard InChI is InChI=1S/C15H23NS/c1-2-3-12-16-14-10-6-7-11-15(14)17-13-8-4-5-9-13/h6-7,10-11,13,16H,2-5,8-9,12H2,1H3. The van der Waals surface area contributed by atoms with Gasteiger partial charge in [0.1, 0.15) is 0 Å². The van der Waals surface area contributed by atoms with Gasteiger partial charge >= 0.3 is 0 Å². The maximum atomic E-state index is 3.57. The third-order valence-electron chi connectivity index (χ3n) is 3.33. The SMILES string of the molecule is CCCCNc1ccccc1SC1CCCC1. The van der Waals surface area contributed by atoms with Crippen molar-refractivity contribution < 1.29 is 0 Å². The monoisotopic (exact) mass is 249 g/mol. The number of unbranched alkanes of at least 4 members (excludes halogenated alkanes) is 1. The largest absolute Gasteiger partial charge is 0.384 e. The van der Waals surface area contributed by atoms with E-state index >= 15 is 0 Å². The summed E-state index contributed by atoms with van der Waals surface area (Å²) < 4.78 is 0. The van der Waals surface area contributed by atoms with Crippen LogP contribution in [0.1, 0.15) is 45.4 Å². The Morgan fingerprint density at radius 3 is 2.76 bits per heavy atom. The predicted molar refractivity (Wildman–Crippen MR) is 78.0 cm³/mol. The van der Waals surface area contributed by atoms with Gasteiger partial charge in [-0.15, -0.1) is 11.8 Å². The van der Waals surface area contributed by atoms with Gasteiger partial charge in [-0.05, 0) is 31.4 Å². The van der Waals surface area contributed by atoms with Crippen molar-refractivity contribution in [1.29, 1.82) is 0 Å². The summed E-state index contributed by atoms with van der Waals surface area (Å²) in [6, 6.07) is 8.76. The zero-order chi connectivity index (χ0) is 11.9. The van der Waals surface area contributed by atoms with Gasteiger partial charge in [-0.25, -0.2) is 0 Å². The smallest absolute Gasteiger partial charge is 0.0478 e. The van der Waals surface area contributed by atoms with Crippen LogP contribution in [0.2, 0.25) is 0 Å². The van der Waals surface area contributed by atoms with Gasteiger partial charge in [0.2, 0.25) is 0 Å². The average Bonchev–Trinajstić information content (AvgIpc) is 2.84. The fourth-order valence-electron chi connectivity index (χ4n) is 2.30. The van der Waals surface area contributed by atoms with Crippen molar-refractivity contribution in [2.75, 3.05) is 11.9 Å². The normalized spacial score (nSPS) is 16.3. The van der Waals surface area contributed by atoms with Crippen LogP contribution in [0.15, 0.2) is 29.2 Å². The Balaban J connectivity index is 1.94. The maximum absolute atomic E-state index is 3.57. The zero-order valence-corrected chi connectivity index (χ0v) is 11.6. The molecule has 0 unspecified atom stereocenters. The van der Waals surface area contributed by atoms with E-state index in [-0.39, 0.29) is 0 Å². The Morgan fingerprint density at radius 2 is 2.00 bits per heavy atom. The van der Waals surface area contributed by atoms with Crippen molar-refractivity contribution in [3.05, 3.63) is 24.3 Å². The van der Waals surface area contributed by atoms with Crippen LogP contribution in [0.25, 0.3) is 0 Å². The molecule has 0 amide bonds. The Hall–Kier alpha value is -0.630. The Morgan fingerprint density at radius 1 is 1.24 bits per heavy atom. The summed E-state index contributed by atoms with van der Waals surface area (Å²) in [6.45, 7) is 3.33. The summed E-state index contributed by atoms with van der Waals surface area (Å²) in [7, 11) is 0. The maximum Gasteiger partial charge on any atom is 0.0478 e. The third-order valence-corrected chi connectivity index (χ3v) is 4.74. The number of hydrogen-bond acceptors (Lipinski definition) is 2. The number of benzene rings is 1. The average molecular weight is 249 g/mol. The predicted octanol–water partition coefficient (Wildman–Crippen LogP) is 4.93. The summed E-state index contributed by atoms with van der Waals surface area (Å²) in [4.78, 5) is 1.44. The van der Waals surface area contributed by atoms with Crippen molar-refractivity contribution in [3.8, 4) is 0 Å². The summed E-state index contributed by atoms with van der Waals surface area (Å²) in [5, 5.41) is 4.42. The number of nitrogens with one attached hydrogen (secondary N) is 1. The zero-order valence-electron chi connectivity index (χ0n) is 10.7. The number of anilines is 1. The second kappa shape index (κ2) is 6.95. The van der Waals surface area contributed by atoms with Crippen LogP contribution in [0, 0.1) is 0 Å². The van der Waals surface area contributed by atoms with E-state index in [4.69, 9.17) is 0 Å². The second-order valence-corrected chi connectivity index (χ2v) is 6.14. The van der Waals surface area contributed by atoms with Crippen LogP contribution in [0.5, 0.6) is 0 Å². The van der Waals surface area contributed by atoms with Crippen molar-refractivity contribution in [1.82, 2.24) is 0 Å². The second-order valence-electron chi connectivity index (χ2n) is 4.80. The molecule has 1 nitrogen and oxygen atoms in total. The van der Waals surface area contributed by atoms with Crippen LogP contribution in [0.4, 0.5) is 5.69 Å². The van der Waals surface area contributed by atoms with Crippen molar-refractivity contribution in [2.45, 2.75) is 55.6 Å². The highest BCUT2D eigenvalue weighted by molar-refractivity contribution is 8.00. The topological polar surface area (TPSA) is 12.0 Å². The quantitative estimate of drug-likeness (QED) is 0.717. The van der Waals surface area contributed by atoms with Gasteiger partial charge in [0, 0.05) is 22.4 Å². The lowest BCUT2D eigenvalue weighted by Crippen LogP contribution is -2.03. The van der Waals surface area contributed by atoms with Crippen LogP contribution in [-0.4, -0.2) is 11.8 Å². The lowest BCUT2D eigenvalue weighted by atomic mass is 10.3. The lowest BCUT2D eigenvalue weighted by Gasteiger charge is -2.14. The van der Waals surface area contributed by atoms with Gasteiger partial charge in [0.25, 0.3) is 0 Å². The minimum absolute atomic E-state index is 0.851. The summed E-state index contributed by atoms with van der Waals surface area (Å²) in [5.74, 6) is 0. The minimum Gasteiger partial charge on any atom is -0.384 e. The number of hydrogen-bond donors (Lipinski definition) is 1. The van der Waals surface area contributed by atoms with Crippen molar-refractivity contribution in [2.24, 2.45) is 0 Å². The highest BCUT2D eigenvalue weighted by Gasteiger charge is 2.17. The number of thioether (sulfide) groups is 1. The fourth-order valence-corrected chi connectivity index (χ4v) is 3.65. The molecule has 0 aliphatic heterocycles. The van der Waals surface area contributed by atoms with Gasteiger partial charge < -0.3 is 5.32 Å². The fraction of sp³-hybridized carbons (Fsp3) is 0.600. The molecule has 0 atom stereocenters. The highest BCUT2D eigenvalue weighted by Crippen LogP contribution is 2.37. The molecule has 1 aliphatic rings. The molecule has 0 saturated heterocycles. The molecule has 0 spiro atoms. The first-order chi connectivity index (χ1) is 8.40. The molecule has 1 fully saturated rings. The van der Waals surface area contributed by atoms with E-state index < -0.39 is 0 Å². The molecule has 2 rings (SSSR count). The lowest BCUT2D eigenvalue weighted by molar-refractivity contribution is 0.832. The van der Waals surface area contributed by atoms with Crippen LogP contribution in [-0.2, 0) is 0 Å². The molecule has 0 bridgehead atoms. The Kier molecular flexibility index (Phi) is 5.24. The molecule has 1 aromatic rings. The van der Waals surface area contributed by atoms with E-state index in [0.717, 1.165) is 11.8 Å². The highest BCUT2D eigenvalue weighted by atomic mass is 32.2. The van der Waals surface area contributed by atoms with E-state index in [9.17, 15) is 0 Å². The van der Waals surface area contributed by atoms with E-state index in [0.29, 0.717) is 0 Å². The van der Waals surface area contributed by atoms with Crippen molar-refractivity contribution in [3.63, 3.8) is 0 Å². The molecule has 1 N–H and O–H groups in total. The molecule has 0 heterocycles. The van der Waals surface area contributed by atoms with E-state index in [2.05, 4.69) is 48.3 Å². The summed E-state index contributed by atoms with van der Waals surface area (Å²) in [6.07, 6.45) is 8.14. The van der Waals surface area contributed by atoms with Gasteiger partial charge in [-0.2, -0.15) is 0 Å². The van der Waals surface area contributed by atoms with Crippen LogP contribution < -0.4 is 5.32 Å². The minimum atomic E-state index is 0.851. The van der Waals surface area contributed by atoms with Gasteiger partial charge in [-0.1, -0.05) is 38.3 Å². The van der Waals surface area contributed by atoms with E-state index in [1.54, 1.807) is 0 Å². The van der Waals surface area contributed by atoms with Crippen LogP contribution >= 0.6 is 11.8 Å². The molecule has 1 saturated carbocycles. The molecular formula is C15H23NS. The molecule has 1 aliphatic carbocycles. The van der Waals surface area contributed by atoms with Gasteiger partial charge in [0.15, 0.2) is 0 Å². The van der Waals surface area contributed by atoms with Crippen LogP contribution in [0.3, 0.4) is 0 Å². The van der Waals surface area contributed by atoms with Gasteiger partial charge in [-0.3, -0.25) is 0 Å². The molecular weight excluding hydrogens is 226 g/mol. The van der Waals surface area contributed by atoms with E-state index in [1.807, 2.05) is 0 Å². The molecule has 1 aromatic carbocycles. The number of para-hydroxylation sites is 1. The Labute approximate surface area is 109 Å². The molecule has 17 heavy (non-hydrogen) atoms. The molecule has 2 heteroatoms. The van der Waals surface area contributed by atoms with Gasteiger partial charge in [0.05, 0.1) is 0 Å². The van der Waals surface area contributed by atoms with E-state index in [1.165, 1.54) is 49.1 Å². The summed E-state index contributed by atoms with van der Waals surface area (Å²) >= 11 is 2.07. The third kappa shape index (κ3) is 3.95. The molecule has 94 valence electrons. The van der Waals surface area contributed by atoms with Crippen molar-refractivity contribution >= 4 is 17.4 Å². The first-order valence-electron chi connectivity index (χ1n) is 6.89. The summed E-state index contributed by atoms with van der Waals surface area (Å²) in [5.41, 5.74) is 1.33.